The number of nitro benzene ring substituents is 1. The van der Waals surface area contributed by atoms with Crippen LogP contribution in [0.15, 0.2) is 36.5 Å². The molecule has 0 fully saturated rings. The Morgan fingerprint density at radius 1 is 1.61 bits per heavy atom. The predicted molar refractivity (Wildman–Crippen MR) is 69.5 cm³/mol. The minimum atomic E-state index is -0.404. The molecule has 0 atom stereocenters. The summed E-state index contributed by atoms with van der Waals surface area (Å²) >= 11 is 0. The first-order valence-electron chi connectivity index (χ1n) is 5.53. The van der Waals surface area contributed by atoms with E-state index >= 15 is 0 Å². The molecule has 0 unspecified atom stereocenters. The molecule has 1 heterocycles. The number of hydrogen-bond donors (Lipinski definition) is 1. The lowest BCUT2D eigenvalue weighted by molar-refractivity contribution is -0.384. The predicted octanol–water partition coefficient (Wildman–Crippen LogP) is 1.72. The number of hydrogen-bond acceptors (Lipinski definition) is 4. The van der Waals surface area contributed by atoms with Crippen molar-refractivity contribution in [2.75, 3.05) is 13.6 Å². The molecule has 0 saturated heterocycles. The van der Waals surface area contributed by atoms with E-state index in [0.29, 0.717) is 13.1 Å². The second-order valence-corrected chi connectivity index (χ2v) is 4.08. The summed E-state index contributed by atoms with van der Waals surface area (Å²) < 4.78 is 1.72. The van der Waals surface area contributed by atoms with Gasteiger partial charge in [0.2, 0.25) is 0 Å². The minimum Gasteiger partial charge on any atom is -0.316 e. The van der Waals surface area contributed by atoms with Gasteiger partial charge in [0.25, 0.3) is 5.69 Å². The lowest BCUT2D eigenvalue weighted by Gasteiger charge is -2.06. The number of aromatic nitrogens is 2. The zero-order valence-electron chi connectivity index (χ0n) is 10.1. The molecule has 0 radical (unpaired) electrons. The van der Waals surface area contributed by atoms with E-state index in [9.17, 15) is 10.1 Å². The van der Waals surface area contributed by atoms with Gasteiger partial charge >= 0.3 is 0 Å². The molecule has 1 aromatic carbocycles. The Labute approximate surface area is 104 Å². The van der Waals surface area contributed by atoms with Crippen molar-refractivity contribution < 1.29 is 4.92 Å². The summed E-state index contributed by atoms with van der Waals surface area (Å²) in [6.45, 7) is 5.16. The molecule has 2 rings (SSSR count). The third-order valence-electron chi connectivity index (χ3n) is 2.64. The van der Waals surface area contributed by atoms with E-state index in [4.69, 9.17) is 0 Å². The van der Waals surface area contributed by atoms with E-state index in [-0.39, 0.29) is 5.69 Å². The van der Waals surface area contributed by atoms with Crippen molar-refractivity contribution in [3.8, 4) is 0 Å². The first kappa shape index (κ1) is 12.3. The van der Waals surface area contributed by atoms with Crippen LogP contribution in [0.5, 0.6) is 0 Å². The third-order valence-corrected chi connectivity index (χ3v) is 2.64. The smallest absolute Gasteiger partial charge is 0.271 e. The average molecular weight is 246 g/mol. The monoisotopic (exact) mass is 246 g/mol. The summed E-state index contributed by atoms with van der Waals surface area (Å²) in [5, 5.41) is 18.9. The van der Waals surface area contributed by atoms with Crippen LogP contribution >= 0.6 is 0 Å². The highest BCUT2D eigenvalue weighted by Gasteiger charge is 2.10. The van der Waals surface area contributed by atoms with E-state index in [1.807, 2.05) is 7.05 Å². The van der Waals surface area contributed by atoms with Crippen molar-refractivity contribution in [1.29, 1.82) is 0 Å². The zero-order valence-corrected chi connectivity index (χ0v) is 10.1. The maximum Gasteiger partial charge on any atom is 0.271 e. The molecule has 6 heteroatoms. The number of non-ortho nitro benzene ring substituents is 1. The Morgan fingerprint density at radius 2 is 2.39 bits per heavy atom. The molecule has 2 aromatic rings. The number of rotatable bonds is 5. The summed E-state index contributed by atoms with van der Waals surface area (Å²) in [6.07, 6.45) is 1.70. The van der Waals surface area contributed by atoms with E-state index < -0.39 is 4.92 Å². The number of fused-ring (bicyclic) bond motifs is 1. The van der Waals surface area contributed by atoms with Gasteiger partial charge in [-0.2, -0.15) is 5.10 Å². The topological polar surface area (TPSA) is 73.0 Å². The molecule has 1 aromatic heterocycles. The Kier molecular flexibility index (Phi) is 3.38. The van der Waals surface area contributed by atoms with Crippen LogP contribution in [0, 0.1) is 10.1 Å². The van der Waals surface area contributed by atoms with Gasteiger partial charge in [0.1, 0.15) is 0 Å². The number of nitrogens with one attached hydrogen (secondary N) is 1. The molecule has 0 spiro atoms. The van der Waals surface area contributed by atoms with Crippen molar-refractivity contribution in [3.05, 3.63) is 46.7 Å². The standard InChI is InChI=1S/C12H14N4O2/c1-9(6-13-2)8-15-12-5-11(16(17)18)4-3-10(12)7-14-15/h3-5,7,13H,1,6,8H2,2H3. The molecule has 0 saturated carbocycles. The molecule has 94 valence electrons. The van der Waals surface area contributed by atoms with Crippen LogP contribution < -0.4 is 5.32 Å². The average Bonchev–Trinajstić information content (AvgIpc) is 2.72. The Bertz CT molecular complexity index is 603. The summed E-state index contributed by atoms with van der Waals surface area (Å²) in [7, 11) is 1.84. The van der Waals surface area contributed by atoms with Gasteiger partial charge in [0, 0.05) is 24.1 Å². The molecule has 0 aliphatic heterocycles. The highest BCUT2D eigenvalue weighted by molar-refractivity contribution is 5.81. The largest absolute Gasteiger partial charge is 0.316 e. The Morgan fingerprint density at radius 3 is 3.06 bits per heavy atom. The maximum atomic E-state index is 10.8. The maximum absolute atomic E-state index is 10.8. The lowest BCUT2D eigenvalue weighted by atomic mass is 10.2. The second kappa shape index (κ2) is 4.97. The second-order valence-electron chi connectivity index (χ2n) is 4.08. The minimum absolute atomic E-state index is 0.0727. The number of likely N-dealkylation sites (N-methyl/N-ethyl adjacent to an activating group) is 1. The SMILES string of the molecule is C=C(CNC)Cn1ncc2ccc([N+](=O)[O-])cc21. The summed E-state index contributed by atoms with van der Waals surface area (Å²) in [6, 6.07) is 4.73. The fraction of sp³-hybridized carbons (Fsp3) is 0.250. The van der Waals surface area contributed by atoms with E-state index in [1.165, 1.54) is 12.1 Å². The lowest BCUT2D eigenvalue weighted by Crippen LogP contribution is -2.14. The molecule has 18 heavy (non-hydrogen) atoms. The Balaban J connectivity index is 2.36. The molecule has 1 N–H and O–H groups in total. The number of nitrogens with zero attached hydrogens (tertiary/aromatic N) is 3. The highest BCUT2D eigenvalue weighted by atomic mass is 16.6. The van der Waals surface area contributed by atoms with Crippen molar-refractivity contribution >= 4 is 16.6 Å². The fourth-order valence-corrected chi connectivity index (χ4v) is 1.82. The first-order chi connectivity index (χ1) is 8.61. The number of benzene rings is 1. The third kappa shape index (κ3) is 2.38. The molecule has 0 amide bonds. The van der Waals surface area contributed by atoms with Gasteiger partial charge < -0.3 is 5.32 Å². The highest BCUT2D eigenvalue weighted by Crippen LogP contribution is 2.20. The van der Waals surface area contributed by atoms with Crippen LogP contribution in [-0.2, 0) is 6.54 Å². The van der Waals surface area contributed by atoms with Gasteiger partial charge in [0.15, 0.2) is 0 Å². The molecule has 0 aliphatic rings. The Hall–Kier alpha value is -2.21. The van der Waals surface area contributed by atoms with Crippen molar-refractivity contribution in [2.24, 2.45) is 0 Å². The first-order valence-corrected chi connectivity index (χ1v) is 5.53. The van der Waals surface area contributed by atoms with Crippen LogP contribution in [-0.4, -0.2) is 28.3 Å². The van der Waals surface area contributed by atoms with Crippen LogP contribution in [0.2, 0.25) is 0 Å². The fourth-order valence-electron chi connectivity index (χ4n) is 1.82. The van der Waals surface area contributed by atoms with E-state index in [0.717, 1.165) is 16.5 Å². The normalized spacial score (nSPS) is 10.7. The van der Waals surface area contributed by atoms with Gasteiger partial charge in [-0.1, -0.05) is 6.58 Å². The van der Waals surface area contributed by atoms with Crippen LogP contribution in [0.4, 0.5) is 5.69 Å². The van der Waals surface area contributed by atoms with Gasteiger partial charge in [0.05, 0.1) is 23.2 Å². The van der Waals surface area contributed by atoms with E-state index in [1.54, 1.807) is 16.9 Å². The summed E-state index contributed by atoms with van der Waals surface area (Å²) in [5.41, 5.74) is 1.79. The van der Waals surface area contributed by atoms with Crippen LogP contribution in [0.3, 0.4) is 0 Å². The summed E-state index contributed by atoms with van der Waals surface area (Å²) in [4.78, 5) is 10.3. The molecular formula is C12H14N4O2. The van der Waals surface area contributed by atoms with Crippen molar-refractivity contribution in [3.63, 3.8) is 0 Å². The zero-order chi connectivity index (χ0) is 13.1. The van der Waals surface area contributed by atoms with Crippen LogP contribution in [0.1, 0.15) is 0 Å². The van der Waals surface area contributed by atoms with Gasteiger partial charge in [-0.3, -0.25) is 14.8 Å². The number of nitro groups is 1. The van der Waals surface area contributed by atoms with Crippen LogP contribution in [0.25, 0.3) is 10.9 Å². The van der Waals surface area contributed by atoms with Crippen molar-refractivity contribution in [2.45, 2.75) is 6.54 Å². The van der Waals surface area contributed by atoms with E-state index in [2.05, 4.69) is 17.0 Å². The van der Waals surface area contributed by atoms with Gasteiger partial charge in [-0.15, -0.1) is 0 Å². The molecule has 0 bridgehead atoms. The molecule has 0 aliphatic carbocycles. The quantitative estimate of drug-likeness (QED) is 0.495. The molecule has 6 nitrogen and oxygen atoms in total. The van der Waals surface area contributed by atoms with Gasteiger partial charge in [-0.25, -0.2) is 0 Å². The van der Waals surface area contributed by atoms with Gasteiger partial charge in [-0.05, 0) is 18.7 Å². The molecular weight excluding hydrogens is 232 g/mol. The summed E-state index contributed by atoms with van der Waals surface area (Å²) in [5.74, 6) is 0. The van der Waals surface area contributed by atoms with Crippen molar-refractivity contribution in [1.82, 2.24) is 15.1 Å².